The summed E-state index contributed by atoms with van der Waals surface area (Å²) in [5.41, 5.74) is 2.64. The van der Waals surface area contributed by atoms with Crippen LogP contribution in [0.4, 0.5) is 0 Å². The Morgan fingerprint density at radius 1 is 1.13 bits per heavy atom. The topological polar surface area (TPSA) is 52.9 Å². The molecule has 126 valence electrons. The predicted molar refractivity (Wildman–Crippen MR) is 90.6 cm³/mol. The van der Waals surface area contributed by atoms with Gasteiger partial charge in [0.15, 0.2) is 0 Å². The van der Waals surface area contributed by atoms with Crippen LogP contribution in [0.15, 0.2) is 35.9 Å². The van der Waals surface area contributed by atoms with Crippen LogP contribution in [0.2, 0.25) is 0 Å². The van der Waals surface area contributed by atoms with Crippen molar-refractivity contribution in [3.63, 3.8) is 0 Å². The van der Waals surface area contributed by atoms with E-state index < -0.39 is 0 Å². The zero-order valence-corrected chi connectivity index (χ0v) is 14.0. The molecule has 2 N–H and O–H groups in total. The summed E-state index contributed by atoms with van der Waals surface area (Å²) in [5.74, 6) is 1.56. The smallest absolute Gasteiger partial charge is 0.118 e. The number of hydrogen-bond donors (Lipinski definition) is 2. The van der Waals surface area contributed by atoms with Crippen LogP contribution in [0.5, 0.6) is 5.75 Å². The molecule has 3 rings (SSSR count). The van der Waals surface area contributed by atoms with E-state index in [4.69, 9.17) is 4.74 Å². The van der Waals surface area contributed by atoms with E-state index in [1.165, 1.54) is 11.1 Å². The average Bonchev–Trinajstić information content (AvgIpc) is 2.60. The molecule has 4 nitrogen and oxygen atoms in total. The van der Waals surface area contributed by atoms with Gasteiger partial charge in [0.1, 0.15) is 5.75 Å². The molecule has 4 heteroatoms. The van der Waals surface area contributed by atoms with Crippen LogP contribution in [-0.4, -0.2) is 55.6 Å². The van der Waals surface area contributed by atoms with Crippen LogP contribution in [0.3, 0.4) is 0 Å². The zero-order chi connectivity index (χ0) is 16.4. The molecule has 1 heterocycles. The molecular formula is C19H27NO3. The molecular weight excluding hydrogens is 290 g/mol. The van der Waals surface area contributed by atoms with Gasteiger partial charge in [-0.1, -0.05) is 23.8 Å². The maximum Gasteiger partial charge on any atom is 0.118 e. The monoisotopic (exact) mass is 317 g/mol. The van der Waals surface area contributed by atoms with Gasteiger partial charge >= 0.3 is 0 Å². The van der Waals surface area contributed by atoms with Crippen LogP contribution in [0.25, 0.3) is 0 Å². The summed E-state index contributed by atoms with van der Waals surface area (Å²) in [6.45, 7) is 2.28. The fourth-order valence-electron chi connectivity index (χ4n) is 4.27. The van der Waals surface area contributed by atoms with Crippen molar-refractivity contribution < 1.29 is 14.9 Å². The van der Waals surface area contributed by atoms with Crippen molar-refractivity contribution >= 4 is 0 Å². The molecule has 0 saturated carbocycles. The highest BCUT2D eigenvalue weighted by molar-refractivity contribution is 5.35. The lowest BCUT2D eigenvalue weighted by atomic mass is 9.64. The summed E-state index contributed by atoms with van der Waals surface area (Å²) in [6, 6.07) is 8.09. The van der Waals surface area contributed by atoms with E-state index in [0.717, 1.165) is 25.3 Å². The Morgan fingerprint density at radius 3 is 2.43 bits per heavy atom. The normalized spacial score (nSPS) is 31.4. The van der Waals surface area contributed by atoms with E-state index in [1.807, 2.05) is 12.1 Å². The second-order valence-corrected chi connectivity index (χ2v) is 6.85. The third-order valence-corrected chi connectivity index (χ3v) is 5.61. The van der Waals surface area contributed by atoms with Crippen molar-refractivity contribution in [2.75, 3.05) is 40.5 Å². The molecule has 0 amide bonds. The number of fused-ring (bicyclic) bond motifs is 1. The second kappa shape index (κ2) is 7.04. The van der Waals surface area contributed by atoms with Gasteiger partial charge in [-0.15, -0.1) is 0 Å². The molecule has 1 aromatic rings. The van der Waals surface area contributed by atoms with Gasteiger partial charge in [0, 0.05) is 32.2 Å². The van der Waals surface area contributed by atoms with E-state index in [1.54, 1.807) is 7.11 Å². The molecule has 2 aliphatic rings. The number of benzene rings is 1. The van der Waals surface area contributed by atoms with E-state index in [-0.39, 0.29) is 31.0 Å². The van der Waals surface area contributed by atoms with Gasteiger partial charge in [0.2, 0.25) is 0 Å². The molecule has 0 aromatic heterocycles. The molecule has 0 spiro atoms. The van der Waals surface area contributed by atoms with Crippen LogP contribution < -0.4 is 4.74 Å². The van der Waals surface area contributed by atoms with E-state index >= 15 is 0 Å². The molecule has 4 unspecified atom stereocenters. The summed E-state index contributed by atoms with van der Waals surface area (Å²) < 4.78 is 5.24. The Balaban J connectivity index is 1.95. The molecule has 23 heavy (non-hydrogen) atoms. The Labute approximate surface area is 138 Å². The van der Waals surface area contributed by atoms with Gasteiger partial charge in [-0.3, -0.25) is 0 Å². The Kier molecular flexibility index (Phi) is 5.05. The van der Waals surface area contributed by atoms with Gasteiger partial charge in [-0.25, -0.2) is 0 Å². The molecule has 1 fully saturated rings. The molecule has 1 aromatic carbocycles. The highest BCUT2D eigenvalue weighted by Crippen LogP contribution is 2.45. The summed E-state index contributed by atoms with van der Waals surface area (Å²) in [6.07, 6.45) is 3.41. The number of aliphatic hydroxyl groups excluding tert-OH is 2. The molecule has 1 aliphatic carbocycles. The standard InChI is InChI=1S/C19H27NO3/c1-20-8-7-14-9-16(13-3-5-15(23-2)6-4-13)18(11-21)19(12-22)17(14)10-20/h3-6,9,16-19,21-22H,7-8,10-12H2,1-2H3. The lowest BCUT2D eigenvalue weighted by Gasteiger charge is -2.45. The van der Waals surface area contributed by atoms with Gasteiger partial charge in [-0.2, -0.15) is 0 Å². The second-order valence-electron chi connectivity index (χ2n) is 6.85. The first kappa shape index (κ1) is 16.5. The first-order chi connectivity index (χ1) is 11.2. The minimum atomic E-state index is 0.0636. The van der Waals surface area contributed by atoms with E-state index in [9.17, 15) is 10.2 Å². The van der Waals surface area contributed by atoms with Crippen molar-refractivity contribution in [1.29, 1.82) is 0 Å². The summed E-state index contributed by atoms with van der Waals surface area (Å²) in [4.78, 5) is 2.33. The van der Waals surface area contributed by atoms with Gasteiger partial charge < -0.3 is 19.8 Å². The first-order valence-electron chi connectivity index (χ1n) is 8.42. The highest BCUT2D eigenvalue weighted by Gasteiger charge is 2.41. The van der Waals surface area contributed by atoms with Crippen LogP contribution in [0.1, 0.15) is 17.9 Å². The molecule has 4 atom stereocenters. The highest BCUT2D eigenvalue weighted by atomic mass is 16.5. The Bertz CT molecular complexity index is 554. The van der Waals surface area contributed by atoms with Gasteiger partial charge in [0.05, 0.1) is 7.11 Å². The number of nitrogens with zero attached hydrogens (tertiary/aromatic N) is 1. The number of allylic oxidation sites excluding steroid dienone is 1. The quantitative estimate of drug-likeness (QED) is 0.833. The maximum atomic E-state index is 10.0. The van der Waals surface area contributed by atoms with Crippen molar-refractivity contribution in [3.8, 4) is 5.75 Å². The number of hydrogen-bond acceptors (Lipinski definition) is 4. The zero-order valence-electron chi connectivity index (χ0n) is 14.0. The Morgan fingerprint density at radius 2 is 1.83 bits per heavy atom. The van der Waals surface area contributed by atoms with Crippen LogP contribution in [-0.2, 0) is 0 Å². The third-order valence-electron chi connectivity index (χ3n) is 5.61. The number of ether oxygens (including phenoxy) is 1. The van der Waals surface area contributed by atoms with Crippen molar-refractivity contribution in [2.24, 2.45) is 17.8 Å². The molecule has 0 bridgehead atoms. The van der Waals surface area contributed by atoms with Crippen molar-refractivity contribution in [3.05, 3.63) is 41.5 Å². The first-order valence-corrected chi connectivity index (χ1v) is 8.42. The SMILES string of the molecule is COc1ccc(C2C=C3CCN(C)CC3C(CO)C2CO)cc1. The van der Waals surface area contributed by atoms with E-state index in [0.29, 0.717) is 5.92 Å². The minimum Gasteiger partial charge on any atom is -0.497 e. The van der Waals surface area contributed by atoms with Crippen molar-refractivity contribution in [1.82, 2.24) is 4.90 Å². The number of methoxy groups -OCH3 is 1. The largest absolute Gasteiger partial charge is 0.497 e. The summed E-state index contributed by atoms with van der Waals surface area (Å²) in [7, 11) is 3.80. The van der Waals surface area contributed by atoms with Crippen LogP contribution in [0, 0.1) is 17.8 Å². The molecule has 1 saturated heterocycles. The lowest BCUT2D eigenvalue weighted by Crippen LogP contribution is -2.45. The minimum absolute atomic E-state index is 0.0636. The van der Waals surface area contributed by atoms with Crippen molar-refractivity contribution in [2.45, 2.75) is 12.3 Å². The van der Waals surface area contributed by atoms with Crippen LogP contribution >= 0.6 is 0 Å². The number of aliphatic hydroxyl groups is 2. The summed E-state index contributed by atoms with van der Waals surface area (Å²) >= 11 is 0. The number of rotatable bonds is 4. The predicted octanol–water partition coefficient (Wildman–Crippen LogP) is 1.89. The Hall–Kier alpha value is -1.36. The van der Waals surface area contributed by atoms with E-state index in [2.05, 4.69) is 30.2 Å². The average molecular weight is 317 g/mol. The number of piperidine rings is 1. The lowest BCUT2D eigenvalue weighted by molar-refractivity contribution is 0.0515. The van der Waals surface area contributed by atoms with Gasteiger partial charge in [0.25, 0.3) is 0 Å². The third kappa shape index (κ3) is 3.16. The fraction of sp³-hybridized carbons (Fsp3) is 0.579. The molecule has 0 radical (unpaired) electrons. The summed E-state index contributed by atoms with van der Waals surface area (Å²) in [5, 5.41) is 20.0. The fourth-order valence-corrected chi connectivity index (χ4v) is 4.27. The number of likely N-dealkylation sites (tertiary alicyclic amines) is 1. The van der Waals surface area contributed by atoms with Gasteiger partial charge in [-0.05, 0) is 48.9 Å². The maximum absolute atomic E-state index is 10.0. The molecule has 1 aliphatic heterocycles.